The van der Waals surface area contributed by atoms with Gasteiger partial charge in [0, 0.05) is 23.6 Å². The highest BCUT2D eigenvalue weighted by molar-refractivity contribution is 9.10. The van der Waals surface area contributed by atoms with Crippen molar-refractivity contribution in [3.63, 3.8) is 0 Å². The van der Waals surface area contributed by atoms with Gasteiger partial charge in [-0.15, -0.1) is 0 Å². The van der Waals surface area contributed by atoms with Crippen LogP contribution in [0.25, 0.3) is 0 Å². The van der Waals surface area contributed by atoms with E-state index in [4.69, 9.17) is 0 Å². The topological polar surface area (TPSA) is 32.3 Å². The average Bonchev–Trinajstić information content (AvgIpc) is 2.67. The van der Waals surface area contributed by atoms with E-state index in [1.54, 1.807) is 0 Å². The maximum absolute atomic E-state index is 12.7. The summed E-state index contributed by atoms with van der Waals surface area (Å²) in [4.78, 5) is 15.1. The van der Waals surface area contributed by atoms with E-state index in [9.17, 15) is 4.79 Å². The molecule has 0 saturated carbocycles. The predicted molar refractivity (Wildman–Crippen MR) is 115 cm³/mol. The van der Waals surface area contributed by atoms with Gasteiger partial charge in [0.25, 0.3) is 0 Å². The largest absolute Gasteiger partial charge is 0.353 e. The van der Waals surface area contributed by atoms with Crippen LogP contribution in [0.5, 0.6) is 0 Å². The molecule has 0 aliphatic carbocycles. The summed E-state index contributed by atoms with van der Waals surface area (Å²) in [5.41, 5.74) is 2.62. The van der Waals surface area contributed by atoms with Crippen LogP contribution in [0, 0.1) is 5.92 Å². The molecule has 0 radical (unpaired) electrons. The number of likely N-dealkylation sites (tertiary alicyclic amines) is 1. The Morgan fingerprint density at radius 3 is 2.74 bits per heavy atom. The summed E-state index contributed by atoms with van der Waals surface area (Å²) in [6.07, 6.45) is 4.06. The lowest BCUT2D eigenvalue weighted by molar-refractivity contribution is -0.127. The van der Waals surface area contributed by atoms with Crippen LogP contribution < -0.4 is 5.32 Å². The molecule has 0 bridgehead atoms. The number of carbonyl (C=O) groups is 1. The maximum Gasteiger partial charge on any atom is 0.224 e. The van der Waals surface area contributed by atoms with Gasteiger partial charge in [0.1, 0.15) is 0 Å². The molecule has 1 aliphatic heterocycles. The minimum atomic E-state index is 0.102. The SMILES string of the molecule is CC(CCc1ccccc1)NC(=O)C1CCCN(Cc2cccc(Br)c2)C1. The van der Waals surface area contributed by atoms with Gasteiger partial charge >= 0.3 is 0 Å². The summed E-state index contributed by atoms with van der Waals surface area (Å²) in [6, 6.07) is 19.1. The van der Waals surface area contributed by atoms with E-state index < -0.39 is 0 Å². The molecular weight excluding hydrogens is 400 g/mol. The van der Waals surface area contributed by atoms with Gasteiger partial charge in [-0.1, -0.05) is 58.4 Å². The van der Waals surface area contributed by atoms with E-state index in [-0.39, 0.29) is 17.9 Å². The number of nitrogens with one attached hydrogen (secondary N) is 1. The number of aryl methyl sites for hydroxylation is 1. The van der Waals surface area contributed by atoms with Crippen LogP contribution in [0.4, 0.5) is 0 Å². The molecule has 1 saturated heterocycles. The summed E-state index contributed by atoms with van der Waals surface area (Å²) >= 11 is 3.54. The second-order valence-electron chi connectivity index (χ2n) is 7.64. The minimum Gasteiger partial charge on any atom is -0.353 e. The molecule has 3 rings (SSSR count). The number of rotatable bonds is 7. The lowest BCUT2D eigenvalue weighted by atomic mass is 9.96. The van der Waals surface area contributed by atoms with Crippen molar-refractivity contribution in [3.8, 4) is 0 Å². The van der Waals surface area contributed by atoms with Gasteiger partial charge in [0.2, 0.25) is 5.91 Å². The van der Waals surface area contributed by atoms with Crippen molar-refractivity contribution in [1.82, 2.24) is 10.2 Å². The molecule has 1 N–H and O–H groups in total. The Labute approximate surface area is 171 Å². The van der Waals surface area contributed by atoms with Gasteiger partial charge in [-0.3, -0.25) is 9.69 Å². The first-order valence-corrected chi connectivity index (χ1v) is 10.7. The molecule has 1 aliphatic rings. The zero-order valence-electron chi connectivity index (χ0n) is 16.0. The second kappa shape index (κ2) is 10.0. The minimum absolute atomic E-state index is 0.102. The van der Waals surface area contributed by atoms with Crippen LogP contribution in [0.3, 0.4) is 0 Å². The lowest BCUT2D eigenvalue weighted by Crippen LogP contribution is -2.45. The third-order valence-electron chi connectivity index (χ3n) is 5.27. The van der Waals surface area contributed by atoms with Gasteiger partial charge < -0.3 is 5.32 Å². The smallest absolute Gasteiger partial charge is 0.224 e. The molecule has 27 heavy (non-hydrogen) atoms. The van der Waals surface area contributed by atoms with E-state index in [0.29, 0.717) is 0 Å². The highest BCUT2D eigenvalue weighted by atomic mass is 79.9. The molecule has 0 aromatic heterocycles. The first kappa shape index (κ1) is 20.1. The number of hydrogen-bond donors (Lipinski definition) is 1. The number of benzene rings is 2. The van der Waals surface area contributed by atoms with Crippen LogP contribution in [0.2, 0.25) is 0 Å². The van der Waals surface area contributed by atoms with Crippen molar-refractivity contribution >= 4 is 21.8 Å². The zero-order chi connectivity index (χ0) is 19.1. The van der Waals surface area contributed by atoms with Crippen molar-refractivity contribution in [2.45, 2.75) is 45.2 Å². The van der Waals surface area contributed by atoms with Crippen molar-refractivity contribution in [3.05, 3.63) is 70.2 Å². The fourth-order valence-corrected chi connectivity index (χ4v) is 4.21. The Hall–Kier alpha value is -1.65. The predicted octanol–water partition coefficient (Wildman–Crippen LogP) is 4.80. The molecule has 3 nitrogen and oxygen atoms in total. The fourth-order valence-electron chi connectivity index (χ4n) is 3.77. The summed E-state index contributed by atoms with van der Waals surface area (Å²) in [5, 5.41) is 3.24. The molecule has 144 valence electrons. The highest BCUT2D eigenvalue weighted by Gasteiger charge is 2.26. The van der Waals surface area contributed by atoms with Crippen molar-refractivity contribution in [2.75, 3.05) is 13.1 Å². The summed E-state index contributed by atoms with van der Waals surface area (Å²) < 4.78 is 1.11. The monoisotopic (exact) mass is 428 g/mol. The van der Waals surface area contributed by atoms with Crippen LogP contribution >= 0.6 is 15.9 Å². The number of carbonyl (C=O) groups excluding carboxylic acids is 1. The van der Waals surface area contributed by atoms with Crippen LogP contribution in [-0.4, -0.2) is 29.9 Å². The molecule has 1 amide bonds. The lowest BCUT2D eigenvalue weighted by Gasteiger charge is -2.32. The Morgan fingerprint density at radius 1 is 1.19 bits per heavy atom. The first-order chi connectivity index (χ1) is 13.1. The highest BCUT2D eigenvalue weighted by Crippen LogP contribution is 2.20. The second-order valence-corrected chi connectivity index (χ2v) is 8.55. The van der Waals surface area contributed by atoms with Gasteiger partial charge in [0.05, 0.1) is 5.92 Å². The maximum atomic E-state index is 12.7. The molecule has 1 heterocycles. The quantitative estimate of drug-likeness (QED) is 0.686. The Balaban J connectivity index is 1.46. The number of amides is 1. The summed E-state index contributed by atoms with van der Waals surface area (Å²) in [6.45, 7) is 4.94. The van der Waals surface area contributed by atoms with Gasteiger partial charge in [-0.05, 0) is 62.4 Å². The Bertz CT molecular complexity index is 734. The molecule has 2 aromatic carbocycles. The number of nitrogens with zero attached hydrogens (tertiary/aromatic N) is 1. The summed E-state index contributed by atoms with van der Waals surface area (Å²) in [5.74, 6) is 0.319. The van der Waals surface area contributed by atoms with E-state index >= 15 is 0 Å². The fraction of sp³-hybridized carbons (Fsp3) is 0.435. The normalized spacial score (nSPS) is 18.8. The third kappa shape index (κ3) is 6.47. The Morgan fingerprint density at radius 2 is 1.96 bits per heavy atom. The van der Waals surface area contributed by atoms with Crippen LogP contribution in [-0.2, 0) is 17.8 Å². The molecule has 1 fully saturated rings. The summed E-state index contributed by atoms with van der Waals surface area (Å²) in [7, 11) is 0. The number of halogens is 1. The van der Waals surface area contributed by atoms with Crippen molar-refractivity contribution < 1.29 is 4.79 Å². The van der Waals surface area contributed by atoms with Crippen molar-refractivity contribution in [2.24, 2.45) is 5.92 Å². The zero-order valence-corrected chi connectivity index (χ0v) is 17.6. The molecule has 2 atom stereocenters. The number of hydrogen-bond acceptors (Lipinski definition) is 2. The molecule has 0 spiro atoms. The Kier molecular flexibility index (Phi) is 7.48. The van der Waals surface area contributed by atoms with Gasteiger partial charge in [-0.2, -0.15) is 0 Å². The van der Waals surface area contributed by atoms with Crippen LogP contribution in [0.1, 0.15) is 37.3 Å². The third-order valence-corrected chi connectivity index (χ3v) is 5.76. The van der Waals surface area contributed by atoms with E-state index in [1.165, 1.54) is 11.1 Å². The molecular formula is C23H29BrN2O. The van der Waals surface area contributed by atoms with Crippen molar-refractivity contribution in [1.29, 1.82) is 0 Å². The standard InChI is InChI=1S/C23H29BrN2O/c1-18(12-13-19-7-3-2-4-8-19)25-23(27)21-10-6-14-26(17-21)16-20-9-5-11-22(24)15-20/h2-5,7-9,11,15,18,21H,6,10,12-14,16-17H2,1H3,(H,25,27). The average molecular weight is 429 g/mol. The molecule has 2 aromatic rings. The van der Waals surface area contributed by atoms with Gasteiger partial charge in [0.15, 0.2) is 0 Å². The first-order valence-electron chi connectivity index (χ1n) is 9.91. The molecule has 2 unspecified atom stereocenters. The van der Waals surface area contributed by atoms with Gasteiger partial charge in [-0.25, -0.2) is 0 Å². The van der Waals surface area contributed by atoms with E-state index in [0.717, 1.165) is 49.8 Å². The number of piperidine rings is 1. The van der Waals surface area contributed by atoms with E-state index in [2.05, 4.69) is 75.5 Å². The molecule has 4 heteroatoms. The van der Waals surface area contributed by atoms with E-state index in [1.807, 2.05) is 12.1 Å². The van der Waals surface area contributed by atoms with Crippen LogP contribution in [0.15, 0.2) is 59.1 Å².